The van der Waals surface area contributed by atoms with E-state index in [1.807, 2.05) is 36.2 Å². The average Bonchev–Trinajstić information content (AvgIpc) is 3.06. The van der Waals surface area contributed by atoms with Gasteiger partial charge < -0.3 is 10.2 Å². The Morgan fingerprint density at radius 3 is 2.84 bits per heavy atom. The summed E-state index contributed by atoms with van der Waals surface area (Å²) in [5, 5.41) is 11.7. The topological polar surface area (TPSA) is 75.4 Å². The maximum Gasteiger partial charge on any atom is 0.257 e. The molecule has 1 N–H and O–H groups in total. The molecule has 2 aromatic heterocycles. The summed E-state index contributed by atoms with van der Waals surface area (Å²) in [5.41, 5.74) is 2.38. The Labute approximate surface area is 145 Å². The molecule has 0 aliphatic carbocycles. The minimum absolute atomic E-state index is 0.131. The molecule has 3 aromatic rings. The summed E-state index contributed by atoms with van der Waals surface area (Å²) in [4.78, 5) is 17.9. The number of amides is 1. The first-order chi connectivity index (χ1) is 12.0. The van der Waals surface area contributed by atoms with Crippen molar-refractivity contribution in [1.29, 1.82) is 0 Å². The molecule has 0 aliphatic heterocycles. The van der Waals surface area contributed by atoms with Gasteiger partial charge in [0.1, 0.15) is 12.1 Å². The van der Waals surface area contributed by atoms with Crippen LogP contribution in [0.4, 0.5) is 11.5 Å². The van der Waals surface area contributed by atoms with E-state index in [4.69, 9.17) is 0 Å². The Kier molecular flexibility index (Phi) is 4.30. The Bertz CT molecular complexity index is 1020. The number of likely N-dealkylation sites (N-methyl/N-ethyl adjacent to an activating group) is 1. The second-order valence-corrected chi connectivity index (χ2v) is 5.44. The summed E-state index contributed by atoms with van der Waals surface area (Å²) < 4.78 is 1.78. The normalized spacial score (nSPS) is 11.5. The summed E-state index contributed by atoms with van der Waals surface area (Å²) in [6.07, 6.45) is 6.87. The molecule has 1 aromatic carbocycles. The Balaban J connectivity index is 2.27. The molecule has 0 fully saturated rings. The van der Waals surface area contributed by atoms with Gasteiger partial charge in [-0.2, -0.15) is 4.98 Å². The predicted molar refractivity (Wildman–Crippen MR) is 99.5 cm³/mol. The molecule has 7 nitrogen and oxygen atoms in total. The number of allylic oxidation sites excluding steroid dienone is 3. The third-order valence-electron chi connectivity index (χ3n) is 3.76. The monoisotopic (exact) mass is 334 g/mol. The van der Waals surface area contributed by atoms with Crippen molar-refractivity contribution < 1.29 is 4.79 Å². The first kappa shape index (κ1) is 16.4. The number of benzene rings is 1. The van der Waals surface area contributed by atoms with Crippen molar-refractivity contribution in [3.8, 4) is 0 Å². The zero-order chi connectivity index (χ0) is 18.0. The van der Waals surface area contributed by atoms with Crippen molar-refractivity contribution in [3.05, 3.63) is 61.6 Å². The van der Waals surface area contributed by atoms with Gasteiger partial charge in [0.25, 0.3) is 5.78 Å². The van der Waals surface area contributed by atoms with Gasteiger partial charge in [-0.25, -0.2) is 0 Å². The van der Waals surface area contributed by atoms with E-state index in [9.17, 15) is 4.79 Å². The molecule has 0 bridgehead atoms. The first-order valence-corrected chi connectivity index (χ1v) is 7.65. The maximum absolute atomic E-state index is 11.3. The molecule has 7 heteroatoms. The number of carbonyl (C=O) groups is 1. The summed E-state index contributed by atoms with van der Waals surface area (Å²) in [6, 6.07) is 5.62. The Morgan fingerprint density at radius 1 is 1.36 bits per heavy atom. The lowest BCUT2D eigenvalue weighted by molar-refractivity contribution is -0.114. The summed E-state index contributed by atoms with van der Waals surface area (Å²) >= 11 is 0. The Morgan fingerprint density at radius 2 is 2.16 bits per heavy atom. The predicted octanol–water partition coefficient (Wildman–Crippen LogP) is 2.93. The average molecular weight is 334 g/mol. The van der Waals surface area contributed by atoms with E-state index in [0.29, 0.717) is 17.3 Å². The van der Waals surface area contributed by atoms with Gasteiger partial charge in [0.05, 0.1) is 5.52 Å². The largest absolute Gasteiger partial charge is 0.329 e. The highest BCUT2D eigenvalue weighted by molar-refractivity contribution is 5.97. The van der Waals surface area contributed by atoms with Gasteiger partial charge in [0.2, 0.25) is 5.91 Å². The zero-order valence-corrected chi connectivity index (χ0v) is 14.1. The number of carbonyl (C=O) groups excluding carboxylic acids is 1. The minimum atomic E-state index is -0.131. The van der Waals surface area contributed by atoms with Crippen molar-refractivity contribution in [1.82, 2.24) is 19.6 Å². The van der Waals surface area contributed by atoms with E-state index in [1.165, 1.54) is 6.92 Å². The quantitative estimate of drug-likeness (QED) is 0.726. The van der Waals surface area contributed by atoms with Crippen molar-refractivity contribution in [2.45, 2.75) is 6.92 Å². The van der Waals surface area contributed by atoms with Crippen LogP contribution >= 0.6 is 0 Å². The number of anilines is 2. The van der Waals surface area contributed by atoms with E-state index in [0.717, 1.165) is 16.6 Å². The van der Waals surface area contributed by atoms with E-state index in [2.05, 4.69) is 33.7 Å². The summed E-state index contributed by atoms with van der Waals surface area (Å²) in [7, 11) is 1.90. The fourth-order valence-electron chi connectivity index (χ4n) is 2.65. The molecule has 3 rings (SSSR count). The van der Waals surface area contributed by atoms with Gasteiger partial charge in [-0.3, -0.25) is 9.20 Å². The molecule has 0 spiro atoms. The molecule has 1 amide bonds. The van der Waals surface area contributed by atoms with Gasteiger partial charge in [0, 0.05) is 30.7 Å². The molecule has 126 valence electrons. The number of nitrogens with one attached hydrogen (secondary N) is 1. The second kappa shape index (κ2) is 6.56. The first-order valence-electron chi connectivity index (χ1n) is 7.65. The number of aromatic nitrogens is 4. The van der Waals surface area contributed by atoms with Crippen LogP contribution in [0.15, 0.2) is 61.6 Å². The lowest BCUT2D eigenvalue weighted by Gasteiger charge is -2.21. The molecular formula is C18H18N6O. The van der Waals surface area contributed by atoms with E-state index in [1.54, 1.807) is 22.9 Å². The van der Waals surface area contributed by atoms with Crippen LogP contribution in [0.5, 0.6) is 0 Å². The van der Waals surface area contributed by atoms with Crippen LogP contribution in [0.1, 0.15) is 6.92 Å². The van der Waals surface area contributed by atoms with E-state index in [-0.39, 0.29) is 5.91 Å². The van der Waals surface area contributed by atoms with Crippen LogP contribution in [-0.2, 0) is 4.79 Å². The van der Waals surface area contributed by atoms with Crippen molar-refractivity contribution in [2.24, 2.45) is 0 Å². The molecule has 0 saturated carbocycles. The molecule has 25 heavy (non-hydrogen) atoms. The lowest BCUT2D eigenvalue weighted by Crippen LogP contribution is -2.17. The summed E-state index contributed by atoms with van der Waals surface area (Å²) in [5.74, 6) is 1.04. The standard InChI is InChI=1S/C18H18N6O/c1-5-7-14(6-2)23(4)17-15-9-8-13(20-12(3)25)10-16(15)24-11-19-22-18(24)21-17/h5-11H,1-2H2,3-4H3,(H,20,25)/b14-7+. The van der Waals surface area contributed by atoms with Crippen LogP contribution in [0.25, 0.3) is 16.7 Å². The van der Waals surface area contributed by atoms with Crippen molar-refractivity contribution in [3.63, 3.8) is 0 Å². The lowest BCUT2D eigenvalue weighted by atomic mass is 10.2. The van der Waals surface area contributed by atoms with Crippen LogP contribution in [-0.4, -0.2) is 32.5 Å². The van der Waals surface area contributed by atoms with Gasteiger partial charge in [0.15, 0.2) is 0 Å². The van der Waals surface area contributed by atoms with Gasteiger partial charge in [-0.1, -0.05) is 19.2 Å². The maximum atomic E-state index is 11.3. The Hall–Kier alpha value is -3.48. The molecule has 0 atom stereocenters. The number of hydrogen-bond donors (Lipinski definition) is 1. The van der Waals surface area contributed by atoms with Gasteiger partial charge in [-0.15, -0.1) is 10.2 Å². The van der Waals surface area contributed by atoms with Crippen molar-refractivity contribution in [2.75, 3.05) is 17.3 Å². The van der Waals surface area contributed by atoms with Gasteiger partial charge >= 0.3 is 0 Å². The van der Waals surface area contributed by atoms with Crippen LogP contribution in [0, 0.1) is 0 Å². The highest BCUT2D eigenvalue weighted by atomic mass is 16.1. The highest BCUT2D eigenvalue weighted by Crippen LogP contribution is 2.29. The number of nitrogens with zero attached hydrogens (tertiary/aromatic N) is 5. The number of rotatable bonds is 5. The second-order valence-electron chi connectivity index (χ2n) is 5.44. The van der Waals surface area contributed by atoms with Crippen LogP contribution < -0.4 is 10.2 Å². The fourth-order valence-corrected chi connectivity index (χ4v) is 2.65. The minimum Gasteiger partial charge on any atom is -0.329 e. The van der Waals surface area contributed by atoms with E-state index < -0.39 is 0 Å². The zero-order valence-electron chi connectivity index (χ0n) is 14.1. The SMILES string of the molecule is C=C/C=C(\C=C)N(C)c1nc2nncn2c2cc(NC(C)=O)ccc12. The van der Waals surface area contributed by atoms with Crippen LogP contribution in [0.3, 0.4) is 0 Å². The molecule has 0 radical (unpaired) electrons. The summed E-state index contributed by atoms with van der Waals surface area (Å²) in [6.45, 7) is 9.04. The molecule has 0 aliphatic rings. The van der Waals surface area contributed by atoms with Crippen LogP contribution in [0.2, 0.25) is 0 Å². The van der Waals surface area contributed by atoms with Gasteiger partial charge in [-0.05, 0) is 30.4 Å². The third-order valence-corrected chi connectivity index (χ3v) is 3.76. The molecular weight excluding hydrogens is 316 g/mol. The number of hydrogen-bond acceptors (Lipinski definition) is 5. The third kappa shape index (κ3) is 2.99. The number of fused-ring (bicyclic) bond motifs is 3. The highest BCUT2D eigenvalue weighted by Gasteiger charge is 2.15. The molecule has 0 saturated heterocycles. The smallest absolute Gasteiger partial charge is 0.257 e. The van der Waals surface area contributed by atoms with E-state index >= 15 is 0 Å². The molecule has 0 unspecified atom stereocenters. The molecule has 2 heterocycles. The van der Waals surface area contributed by atoms with Crippen molar-refractivity contribution >= 4 is 34.1 Å². The fraction of sp³-hybridized carbons (Fsp3) is 0.111.